The highest BCUT2D eigenvalue weighted by Gasteiger charge is 2.34. The van der Waals surface area contributed by atoms with Gasteiger partial charge >= 0.3 is 5.97 Å². The van der Waals surface area contributed by atoms with E-state index in [1.807, 2.05) is 0 Å². The summed E-state index contributed by atoms with van der Waals surface area (Å²) in [6, 6.07) is 8.36. The van der Waals surface area contributed by atoms with Crippen molar-refractivity contribution < 1.29 is 27.5 Å². The first-order valence-corrected chi connectivity index (χ1v) is 13.8. The zero-order chi connectivity index (χ0) is 24.5. The van der Waals surface area contributed by atoms with E-state index < -0.39 is 27.8 Å². The Bertz CT molecular complexity index is 1410. The van der Waals surface area contributed by atoms with Crippen molar-refractivity contribution in [1.82, 2.24) is 8.87 Å². The molecule has 0 bridgehead atoms. The molecule has 0 saturated carbocycles. The van der Waals surface area contributed by atoms with Crippen LogP contribution in [0.2, 0.25) is 4.34 Å². The highest BCUT2D eigenvalue weighted by Crippen LogP contribution is 2.31. The predicted molar refractivity (Wildman–Crippen MR) is 130 cm³/mol. The standard InChI is InChI=1S/C21H22ClN3O6S3/c1-30-14-5-6-15-16(10-14)32-21(25(15)12-18(26)31-2)23-20(27)13-4-3-9-24(11-13)34(28,29)19-8-7-17(22)33-19/h5-8,10,13H,3-4,9,11-12H2,1-2H3. The molecule has 1 fully saturated rings. The van der Waals surface area contributed by atoms with Crippen molar-refractivity contribution in [2.75, 3.05) is 27.3 Å². The molecule has 3 heterocycles. The molecule has 1 unspecified atom stereocenters. The fraction of sp³-hybridized carbons (Fsp3) is 0.381. The number of fused-ring (bicyclic) bond motifs is 1. The van der Waals surface area contributed by atoms with Crippen molar-refractivity contribution in [1.29, 1.82) is 0 Å². The van der Waals surface area contributed by atoms with Crippen LogP contribution >= 0.6 is 34.3 Å². The molecule has 4 rings (SSSR count). The predicted octanol–water partition coefficient (Wildman–Crippen LogP) is 3.13. The maximum absolute atomic E-state index is 13.1. The number of carbonyl (C=O) groups is 2. The van der Waals surface area contributed by atoms with E-state index in [0.717, 1.165) is 16.0 Å². The number of rotatable bonds is 6. The Balaban J connectivity index is 1.65. The van der Waals surface area contributed by atoms with Crippen molar-refractivity contribution in [3.63, 3.8) is 0 Å². The number of halogens is 1. The quantitative estimate of drug-likeness (QED) is 0.442. The summed E-state index contributed by atoms with van der Waals surface area (Å²) in [4.78, 5) is 29.8. The molecule has 1 aliphatic rings. The van der Waals surface area contributed by atoms with Gasteiger partial charge in [0.25, 0.3) is 15.9 Å². The van der Waals surface area contributed by atoms with Crippen molar-refractivity contribution in [3.8, 4) is 5.75 Å². The summed E-state index contributed by atoms with van der Waals surface area (Å²) in [5.74, 6) is -0.862. The van der Waals surface area contributed by atoms with Crippen LogP contribution in [-0.4, -0.2) is 56.5 Å². The molecule has 0 aliphatic carbocycles. The number of piperidine rings is 1. The molecule has 2 aromatic heterocycles. The lowest BCUT2D eigenvalue weighted by Crippen LogP contribution is -2.42. The van der Waals surface area contributed by atoms with Crippen molar-refractivity contribution in [2.45, 2.75) is 23.6 Å². The van der Waals surface area contributed by atoms with Gasteiger partial charge in [-0.25, -0.2) is 8.42 Å². The van der Waals surface area contributed by atoms with Gasteiger partial charge in [0, 0.05) is 13.1 Å². The van der Waals surface area contributed by atoms with Gasteiger partial charge in [0.1, 0.15) is 16.5 Å². The largest absolute Gasteiger partial charge is 0.497 e. The minimum atomic E-state index is -3.74. The lowest BCUT2D eigenvalue weighted by atomic mass is 9.99. The number of methoxy groups -OCH3 is 2. The Morgan fingerprint density at radius 1 is 1.21 bits per heavy atom. The van der Waals surface area contributed by atoms with Crippen LogP contribution < -0.4 is 9.54 Å². The number of hydrogen-bond donors (Lipinski definition) is 0. The summed E-state index contributed by atoms with van der Waals surface area (Å²) in [6.07, 6.45) is 1.06. The second-order valence-corrected chi connectivity index (χ2v) is 12.5. The third-order valence-corrected chi connectivity index (χ3v) is 10.1. The van der Waals surface area contributed by atoms with E-state index >= 15 is 0 Å². The normalized spacial score (nSPS) is 17.7. The molecule has 0 N–H and O–H groups in total. The number of carbonyl (C=O) groups excluding carboxylic acids is 2. The van der Waals surface area contributed by atoms with E-state index in [0.29, 0.717) is 39.8 Å². The maximum atomic E-state index is 13.1. The van der Waals surface area contributed by atoms with Crippen LogP contribution in [-0.2, 0) is 30.9 Å². The van der Waals surface area contributed by atoms with E-state index in [9.17, 15) is 18.0 Å². The van der Waals surface area contributed by atoms with Gasteiger partial charge in [-0.1, -0.05) is 22.9 Å². The Labute approximate surface area is 209 Å². The average Bonchev–Trinajstić information content (AvgIpc) is 3.42. The van der Waals surface area contributed by atoms with E-state index in [-0.39, 0.29) is 17.3 Å². The molecule has 182 valence electrons. The number of esters is 1. The number of thiophene rings is 1. The summed E-state index contributed by atoms with van der Waals surface area (Å²) >= 11 is 8.15. The summed E-state index contributed by atoms with van der Waals surface area (Å²) in [5.41, 5.74) is 0.713. The average molecular weight is 544 g/mol. The van der Waals surface area contributed by atoms with Gasteiger partial charge in [-0.2, -0.15) is 9.30 Å². The molecular weight excluding hydrogens is 522 g/mol. The Morgan fingerprint density at radius 2 is 2.00 bits per heavy atom. The zero-order valence-electron chi connectivity index (χ0n) is 18.4. The third-order valence-electron chi connectivity index (χ3n) is 5.49. The first-order valence-electron chi connectivity index (χ1n) is 10.3. The summed E-state index contributed by atoms with van der Waals surface area (Å²) < 4.78 is 40.3. The minimum absolute atomic E-state index is 0.0376. The number of amides is 1. The van der Waals surface area contributed by atoms with Crippen LogP contribution in [0.1, 0.15) is 12.8 Å². The molecule has 0 radical (unpaired) electrons. The fourth-order valence-corrected chi connectivity index (χ4v) is 7.95. The number of sulfonamides is 1. The van der Waals surface area contributed by atoms with Gasteiger partial charge in [0.15, 0.2) is 4.80 Å². The number of hydrogen-bond acceptors (Lipinski definition) is 8. The Hall–Kier alpha value is -2.25. The minimum Gasteiger partial charge on any atom is -0.497 e. The molecule has 1 atom stereocenters. The molecule has 3 aromatic rings. The second kappa shape index (κ2) is 10.2. The smallest absolute Gasteiger partial charge is 0.325 e. The van der Waals surface area contributed by atoms with Gasteiger partial charge in [-0.3, -0.25) is 9.59 Å². The van der Waals surface area contributed by atoms with E-state index in [1.165, 1.54) is 34.9 Å². The molecule has 0 spiro atoms. The SMILES string of the molecule is COC(=O)Cn1c(=NC(=O)C2CCCN(S(=O)(=O)c3ccc(Cl)s3)C2)sc2cc(OC)ccc21. The zero-order valence-corrected chi connectivity index (χ0v) is 21.6. The highest BCUT2D eigenvalue weighted by atomic mass is 35.5. The van der Waals surface area contributed by atoms with Crippen LogP contribution in [0.5, 0.6) is 5.75 Å². The van der Waals surface area contributed by atoms with Crippen LogP contribution in [0, 0.1) is 5.92 Å². The van der Waals surface area contributed by atoms with Gasteiger partial charge in [0.2, 0.25) is 0 Å². The van der Waals surface area contributed by atoms with Crippen LogP contribution in [0.4, 0.5) is 0 Å². The van der Waals surface area contributed by atoms with E-state index in [2.05, 4.69) is 4.99 Å². The molecule has 1 saturated heterocycles. The monoisotopic (exact) mass is 543 g/mol. The number of thiazole rings is 1. The molecule has 34 heavy (non-hydrogen) atoms. The van der Waals surface area contributed by atoms with E-state index in [4.69, 9.17) is 21.1 Å². The van der Waals surface area contributed by atoms with Gasteiger partial charge in [-0.15, -0.1) is 11.3 Å². The summed E-state index contributed by atoms with van der Waals surface area (Å²) in [7, 11) is -0.894. The second-order valence-electron chi connectivity index (χ2n) is 7.59. The first-order chi connectivity index (χ1) is 16.2. The van der Waals surface area contributed by atoms with Gasteiger partial charge in [-0.05, 0) is 43.2 Å². The van der Waals surface area contributed by atoms with Gasteiger partial charge < -0.3 is 14.0 Å². The van der Waals surface area contributed by atoms with Crippen molar-refractivity contribution >= 4 is 66.4 Å². The van der Waals surface area contributed by atoms with E-state index in [1.54, 1.807) is 29.9 Å². The van der Waals surface area contributed by atoms with Crippen LogP contribution in [0.25, 0.3) is 10.2 Å². The summed E-state index contributed by atoms with van der Waals surface area (Å²) in [6.45, 7) is 0.252. The third kappa shape index (κ3) is 5.05. The topological polar surface area (TPSA) is 107 Å². The number of ether oxygens (including phenoxy) is 2. The lowest BCUT2D eigenvalue weighted by molar-refractivity contribution is -0.141. The Kier molecular flexibility index (Phi) is 7.43. The molecule has 13 heteroatoms. The number of nitrogens with zero attached hydrogens (tertiary/aromatic N) is 3. The number of aromatic nitrogens is 1. The Morgan fingerprint density at radius 3 is 2.68 bits per heavy atom. The molecule has 1 aliphatic heterocycles. The fourth-order valence-electron chi connectivity index (χ4n) is 3.72. The highest BCUT2D eigenvalue weighted by molar-refractivity contribution is 7.91. The molecule has 9 nitrogen and oxygen atoms in total. The number of benzene rings is 1. The van der Waals surface area contributed by atoms with Crippen molar-refractivity contribution in [3.05, 3.63) is 39.5 Å². The summed E-state index contributed by atoms with van der Waals surface area (Å²) in [5, 5.41) is 0. The maximum Gasteiger partial charge on any atom is 0.325 e. The van der Waals surface area contributed by atoms with Crippen LogP contribution in [0.3, 0.4) is 0 Å². The van der Waals surface area contributed by atoms with Crippen molar-refractivity contribution in [2.24, 2.45) is 10.9 Å². The first kappa shape index (κ1) is 24.9. The lowest BCUT2D eigenvalue weighted by Gasteiger charge is -2.29. The van der Waals surface area contributed by atoms with Crippen LogP contribution in [0.15, 0.2) is 39.5 Å². The molecular formula is C21H22ClN3O6S3. The molecule has 1 amide bonds. The van der Waals surface area contributed by atoms with Gasteiger partial charge in [0.05, 0.1) is 34.7 Å². The molecule has 1 aromatic carbocycles.